The molecule has 2 aromatic carbocycles. The van der Waals surface area contributed by atoms with E-state index >= 15 is 0 Å². The summed E-state index contributed by atoms with van der Waals surface area (Å²) in [6.07, 6.45) is 0.753. The summed E-state index contributed by atoms with van der Waals surface area (Å²) in [4.78, 5) is 1.56. The molecule has 0 fully saturated rings. The molecule has 2 rings (SSSR count). The maximum Gasteiger partial charge on any atom is 0.241 e. The minimum absolute atomic E-state index is 0.0969. The minimum atomic E-state index is -3.52. The summed E-state index contributed by atoms with van der Waals surface area (Å²) in [7, 11) is -3.52. The molecular weight excluding hydrogens is 338 g/mol. The van der Waals surface area contributed by atoms with Crippen molar-refractivity contribution >= 4 is 21.8 Å². The van der Waals surface area contributed by atoms with Gasteiger partial charge in [0, 0.05) is 16.7 Å². The van der Waals surface area contributed by atoms with Crippen LogP contribution in [0.5, 0.6) is 0 Å². The Morgan fingerprint density at radius 2 is 1.62 bits per heavy atom. The Morgan fingerprint density at radius 3 is 2.17 bits per heavy atom. The third kappa shape index (κ3) is 4.85. The van der Waals surface area contributed by atoms with Gasteiger partial charge in [-0.15, -0.1) is 11.8 Å². The number of sulfonamides is 1. The molecule has 5 heteroatoms. The first-order valence-electron chi connectivity index (χ1n) is 8.11. The summed E-state index contributed by atoms with van der Waals surface area (Å²) in [5.74, 6) is 0.712. The molecule has 0 amide bonds. The number of hydrogen-bond donors (Lipinski definition) is 1. The average Bonchev–Trinajstić information content (AvgIpc) is 2.51. The van der Waals surface area contributed by atoms with Crippen molar-refractivity contribution < 1.29 is 8.42 Å². The first-order chi connectivity index (χ1) is 11.3. The fourth-order valence-corrected chi connectivity index (χ4v) is 5.76. The quantitative estimate of drug-likeness (QED) is 0.739. The first-order valence-corrected chi connectivity index (χ1v) is 10.6. The molecular formula is C19H25NO2S2. The summed E-state index contributed by atoms with van der Waals surface area (Å²) in [5.41, 5.74) is 2.67. The summed E-state index contributed by atoms with van der Waals surface area (Å²) in [5, 5.41) is 0. The lowest BCUT2D eigenvalue weighted by Crippen LogP contribution is -2.36. The normalized spacial score (nSPS) is 13.0. The van der Waals surface area contributed by atoms with Gasteiger partial charge in [0.2, 0.25) is 10.0 Å². The van der Waals surface area contributed by atoms with Gasteiger partial charge < -0.3 is 0 Å². The Hall–Kier alpha value is -1.30. The van der Waals surface area contributed by atoms with Gasteiger partial charge in [-0.2, -0.15) is 0 Å². The fourth-order valence-electron chi connectivity index (χ4n) is 2.82. The Kier molecular flexibility index (Phi) is 6.49. The van der Waals surface area contributed by atoms with Gasteiger partial charge in [-0.1, -0.05) is 42.8 Å². The molecule has 0 bridgehead atoms. The van der Waals surface area contributed by atoms with Gasteiger partial charge in [-0.25, -0.2) is 13.1 Å². The fraction of sp³-hybridized carbons (Fsp3) is 0.368. The molecule has 130 valence electrons. The molecule has 24 heavy (non-hydrogen) atoms. The van der Waals surface area contributed by atoms with Crippen molar-refractivity contribution in [2.24, 2.45) is 0 Å². The van der Waals surface area contributed by atoms with E-state index in [-0.39, 0.29) is 6.04 Å². The Labute approximate surface area is 149 Å². The van der Waals surface area contributed by atoms with E-state index < -0.39 is 10.0 Å². The van der Waals surface area contributed by atoms with E-state index in [9.17, 15) is 8.42 Å². The standard InChI is InChI=1S/C19H25NO2S2/c1-5-17(13-23-18-9-7-6-8-10-18)20-24(21,22)19-15(3)11-14(2)12-16(19)4/h6-12,17,20H,5,13H2,1-4H3. The van der Waals surface area contributed by atoms with Crippen molar-refractivity contribution in [3.8, 4) is 0 Å². The zero-order chi connectivity index (χ0) is 17.7. The highest BCUT2D eigenvalue weighted by Gasteiger charge is 2.23. The molecule has 1 atom stereocenters. The van der Waals surface area contributed by atoms with Gasteiger partial charge in [0.1, 0.15) is 0 Å². The molecule has 1 unspecified atom stereocenters. The van der Waals surface area contributed by atoms with E-state index in [0.717, 1.165) is 28.0 Å². The molecule has 0 heterocycles. The topological polar surface area (TPSA) is 46.2 Å². The largest absolute Gasteiger partial charge is 0.241 e. The van der Waals surface area contributed by atoms with Crippen LogP contribution in [0.3, 0.4) is 0 Å². The van der Waals surface area contributed by atoms with Crippen LogP contribution in [0.2, 0.25) is 0 Å². The monoisotopic (exact) mass is 363 g/mol. The second kappa shape index (κ2) is 8.19. The van der Waals surface area contributed by atoms with Crippen LogP contribution in [0.1, 0.15) is 30.0 Å². The number of rotatable bonds is 7. The van der Waals surface area contributed by atoms with E-state index in [4.69, 9.17) is 0 Å². The van der Waals surface area contributed by atoms with Crippen LogP contribution in [0, 0.1) is 20.8 Å². The van der Waals surface area contributed by atoms with Crippen LogP contribution >= 0.6 is 11.8 Å². The second-order valence-corrected chi connectivity index (χ2v) is 8.82. The molecule has 0 saturated carbocycles. The Morgan fingerprint density at radius 1 is 1.04 bits per heavy atom. The third-order valence-electron chi connectivity index (χ3n) is 3.88. The van der Waals surface area contributed by atoms with E-state index in [1.165, 1.54) is 0 Å². The maximum absolute atomic E-state index is 12.8. The lowest BCUT2D eigenvalue weighted by Gasteiger charge is -2.19. The molecule has 0 aliphatic rings. The summed E-state index contributed by atoms with van der Waals surface area (Å²) >= 11 is 1.67. The van der Waals surface area contributed by atoms with Gasteiger partial charge in [0.25, 0.3) is 0 Å². The molecule has 0 radical (unpaired) electrons. The van der Waals surface area contributed by atoms with Crippen molar-refractivity contribution in [3.05, 3.63) is 59.2 Å². The number of benzene rings is 2. The molecule has 2 aromatic rings. The molecule has 3 nitrogen and oxygen atoms in total. The molecule has 0 aliphatic carbocycles. The Balaban J connectivity index is 2.14. The zero-order valence-electron chi connectivity index (χ0n) is 14.7. The number of aryl methyl sites for hydroxylation is 3. The lowest BCUT2D eigenvalue weighted by atomic mass is 10.1. The predicted molar refractivity (Wildman–Crippen MR) is 102 cm³/mol. The summed E-state index contributed by atoms with van der Waals surface area (Å²) in [6.45, 7) is 7.70. The molecule has 0 saturated heterocycles. The van der Waals surface area contributed by atoms with Gasteiger partial charge in [-0.3, -0.25) is 0 Å². The first kappa shape index (κ1) is 19.0. The van der Waals surface area contributed by atoms with E-state index in [0.29, 0.717) is 10.6 Å². The van der Waals surface area contributed by atoms with E-state index in [2.05, 4.69) is 4.72 Å². The van der Waals surface area contributed by atoms with Gasteiger partial charge in [0.05, 0.1) is 4.90 Å². The van der Waals surface area contributed by atoms with E-state index in [1.807, 2.05) is 70.2 Å². The molecule has 1 N–H and O–H groups in total. The smallest absolute Gasteiger partial charge is 0.207 e. The van der Waals surface area contributed by atoms with Crippen molar-refractivity contribution in [3.63, 3.8) is 0 Å². The third-order valence-corrected chi connectivity index (χ3v) is 6.88. The highest BCUT2D eigenvalue weighted by Crippen LogP contribution is 2.24. The number of nitrogens with one attached hydrogen (secondary N) is 1. The van der Waals surface area contributed by atoms with Crippen LogP contribution < -0.4 is 4.72 Å². The highest BCUT2D eigenvalue weighted by molar-refractivity contribution is 7.99. The van der Waals surface area contributed by atoms with Crippen LogP contribution in [0.15, 0.2) is 52.3 Å². The lowest BCUT2D eigenvalue weighted by molar-refractivity contribution is 0.557. The average molecular weight is 364 g/mol. The van der Waals surface area contributed by atoms with Gasteiger partial charge >= 0.3 is 0 Å². The van der Waals surface area contributed by atoms with Gasteiger partial charge in [0.15, 0.2) is 0 Å². The minimum Gasteiger partial charge on any atom is -0.207 e. The number of hydrogen-bond acceptors (Lipinski definition) is 3. The zero-order valence-corrected chi connectivity index (χ0v) is 16.3. The van der Waals surface area contributed by atoms with Gasteiger partial charge in [-0.05, 0) is 50.5 Å². The molecule has 0 spiro atoms. The highest BCUT2D eigenvalue weighted by atomic mass is 32.2. The Bertz CT molecular complexity index is 763. The van der Waals surface area contributed by atoms with Crippen LogP contribution in [-0.2, 0) is 10.0 Å². The van der Waals surface area contributed by atoms with E-state index in [1.54, 1.807) is 11.8 Å². The maximum atomic E-state index is 12.8. The summed E-state index contributed by atoms with van der Waals surface area (Å²) in [6, 6.07) is 13.8. The van der Waals surface area contributed by atoms with Crippen molar-refractivity contribution in [2.75, 3.05) is 5.75 Å². The SMILES string of the molecule is CCC(CSc1ccccc1)NS(=O)(=O)c1c(C)cc(C)cc1C. The second-order valence-electron chi connectivity index (χ2n) is 6.08. The number of thioether (sulfide) groups is 1. The van der Waals surface area contributed by atoms with Crippen LogP contribution in [0.25, 0.3) is 0 Å². The van der Waals surface area contributed by atoms with Crippen molar-refractivity contribution in [1.29, 1.82) is 0 Å². The molecule has 0 aromatic heterocycles. The van der Waals surface area contributed by atoms with Crippen molar-refractivity contribution in [2.45, 2.75) is 49.9 Å². The molecule has 0 aliphatic heterocycles. The van der Waals surface area contributed by atoms with Crippen LogP contribution in [-0.4, -0.2) is 20.2 Å². The van der Waals surface area contributed by atoms with Crippen LogP contribution in [0.4, 0.5) is 0 Å². The predicted octanol–water partition coefficient (Wildman–Crippen LogP) is 4.46. The summed E-state index contributed by atoms with van der Waals surface area (Å²) < 4.78 is 28.6. The van der Waals surface area contributed by atoms with Crippen molar-refractivity contribution in [1.82, 2.24) is 4.72 Å².